The zero-order chi connectivity index (χ0) is 31.5. The van der Waals surface area contributed by atoms with Crippen LogP contribution in [-0.2, 0) is 16.1 Å². The Morgan fingerprint density at radius 1 is 1.04 bits per heavy atom. The van der Waals surface area contributed by atoms with Gasteiger partial charge in [0.25, 0.3) is 11.8 Å². The molecule has 1 N–H and O–H groups in total. The Morgan fingerprint density at radius 3 is 2.38 bits per heavy atom. The van der Waals surface area contributed by atoms with Gasteiger partial charge in [-0.1, -0.05) is 54.0 Å². The van der Waals surface area contributed by atoms with E-state index in [0.29, 0.717) is 34.7 Å². The number of hydrogen-bond donors (Lipinski definition) is 1. The van der Waals surface area contributed by atoms with Crippen LogP contribution in [0.2, 0.25) is 0 Å². The molecule has 0 saturated heterocycles. The van der Waals surface area contributed by atoms with E-state index < -0.39 is 12.1 Å². The summed E-state index contributed by atoms with van der Waals surface area (Å²) in [4.78, 5) is 45.3. The average molecular weight is 690 g/mol. The molecule has 3 atom stereocenters. The fourth-order valence-electron chi connectivity index (χ4n) is 5.56. The van der Waals surface area contributed by atoms with Gasteiger partial charge in [0.15, 0.2) is 0 Å². The second-order valence-corrected chi connectivity index (χ2v) is 11.8. The lowest BCUT2D eigenvalue weighted by Crippen LogP contribution is -2.58. The molecule has 1 aliphatic heterocycles. The first-order valence-electron chi connectivity index (χ1n) is 14.5. The van der Waals surface area contributed by atoms with Crippen molar-refractivity contribution in [2.45, 2.75) is 45.8 Å². The molecule has 0 fully saturated rings. The van der Waals surface area contributed by atoms with Crippen LogP contribution in [-0.4, -0.2) is 36.9 Å². The number of benzene rings is 4. The van der Waals surface area contributed by atoms with Crippen LogP contribution < -0.4 is 19.9 Å². The molecule has 4 aromatic rings. The molecule has 0 saturated carbocycles. The number of rotatable bonds is 7. The second kappa shape index (κ2) is 14.1. The van der Waals surface area contributed by atoms with E-state index in [4.69, 9.17) is 4.74 Å². The number of ether oxygens (including phenoxy) is 1. The van der Waals surface area contributed by atoms with Crippen LogP contribution in [0.4, 0.5) is 11.4 Å². The predicted molar refractivity (Wildman–Crippen MR) is 182 cm³/mol. The molecule has 45 heavy (non-hydrogen) atoms. The zero-order valence-corrected chi connectivity index (χ0v) is 27.8. The van der Waals surface area contributed by atoms with E-state index in [2.05, 4.69) is 27.3 Å². The number of fused-ring (bicyclic) bond motifs is 2. The molecule has 10 heteroatoms. The molecule has 232 valence electrons. The van der Waals surface area contributed by atoms with Gasteiger partial charge in [0, 0.05) is 21.5 Å². The fourth-order valence-corrected chi connectivity index (χ4v) is 5.94. The summed E-state index contributed by atoms with van der Waals surface area (Å²) in [6.45, 7) is 5.64. The lowest BCUT2D eigenvalue weighted by molar-refractivity contribution is -0.130. The third-order valence-corrected chi connectivity index (χ3v) is 8.77. The normalized spacial score (nSPS) is 16.6. The minimum absolute atomic E-state index is 0. The Balaban J connectivity index is 0.00000461. The number of anilines is 2. The van der Waals surface area contributed by atoms with Crippen LogP contribution in [0.1, 0.15) is 48.7 Å². The minimum Gasteiger partial charge on any atom is -0.496 e. The number of nitrogens with zero attached hydrogens (tertiary/aromatic N) is 3. The molecule has 0 bridgehead atoms. The average Bonchev–Trinajstić information content (AvgIpc) is 3.12. The van der Waals surface area contributed by atoms with Crippen LogP contribution in [0.25, 0.3) is 10.8 Å². The molecule has 0 unspecified atom stereocenters. The van der Waals surface area contributed by atoms with Crippen molar-refractivity contribution in [2.75, 3.05) is 16.9 Å². The van der Waals surface area contributed by atoms with Crippen LogP contribution in [0.15, 0.2) is 83.3 Å². The van der Waals surface area contributed by atoms with Gasteiger partial charge in [-0.05, 0) is 78.7 Å². The maximum atomic E-state index is 14.6. The first kappa shape index (κ1) is 33.5. The van der Waals surface area contributed by atoms with Crippen molar-refractivity contribution < 1.29 is 19.1 Å². The number of halogens is 2. The van der Waals surface area contributed by atoms with Gasteiger partial charge in [-0.3, -0.25) is 14.4 Å². The second-order valence-electron chi connectivity index (χ2n) is 10.9. The molecule has 8 nitrogen and oxygen atoms in total. The molecular formula is C35H34BrClN4O4. The quantitative estimate of drug-likeness (QED) is 0.225. The van der Waals surface area contributed by atoms with Gasteiger partial charge in [-0.2, -0.15) is 5.26 Å². The smallest absolute Gasteiger partial charge is 0.258 e. The van der Waals surface area contributed by atoms with Crippen molar-refractivity contribution in [3.05, 3.63) is 100 Å². The summed E-state index contributed by atoms with van der Waals surface area (Å²) in [7, 11) is 1.59. The van der Waals surface area contributed by atoms with Gasteiger partial charge in [-0.25, -0.2) is 0 Å². The van der Waals surface area contributed by atoms with Gasteiger partial charge >= 0.3 is 0 Å². The lowest BCUT2D eigenvalue weighted by Gasteiger charge is -2.32. The van der Waals surface area contributed by atoms with Crippen molar-refractivity contribution in [1.29, 1.82) is 5.26 Å². The van der Waals surface area contributed by atoms with E-state index in [0.717, 1.165) is 20.8 Å². The summed E-state index contributed by atoms with van der Waals surface area (Å²) in [5.74, 6) is -0.657. The summed E-state index contributed by atoms with van der Waals surface area (Å²) >= 11 is 3.55. The molecule has 4 aromatic carbocycles. The molecule has 0 radical (unpaired) electrons. The number of carbonyl (C=O) groups is 3. The maximum Gasteiger partial charge on any atom is 0.258 e. The van der Waals surface area contributed by atoms with Crippen molar-refractivity contribution in [3.8, 4) is 11.8 Å². The van der Waals surface area contributed by atoms with E-state index in [1.165, 1.54) is 0 Å². The van der Waals surface area contributed by atoms with Crippen LogP contribution in [0.5, 0.6) is 5.75 Å². The highest BCUT2D eigenvalue weighted by Gasteiger charge is 2.42. The number of amides is 3. The molecule has 3 amide bonds. The monoisotopic (exact) mass is 688 g/mol. The van der Waals surface area contributed by atoms with E-state index >= 15 is 0 Å². The fraction of sp³-hybridized carbons (Fsp3) is 0.257. The highest BCUT2D eigenvalue weighted by atomic mass is 79.9. The largest absolute Gasteiger partial charge is 0.496 e. The molecule has 1 heterocycles. The summed E-state index contributed by atoms with van der Waals surface area (Å²) < 4.78 is 6.69. The van der Waals surface area contributed by atoms with Gasteiger partial charge in [0.05, 0.1) is 42.7 Å². The number of nitrogens with one attached hydrogen (secondary N) is 1. The summed E-state index contributed by atoms with van der Waals surface area (Å²) in [6, 6.07) is 23.7. The molecule has 0 spiro atoms. The van der Waals surface area contributed by atoms with Crippen LogP contribution in [0.3, 0.4) is 0 Å². The van der Waals surface area contributed by atoms with Gasteiger partial charge in [-0.15, -0.1) is 12.4 Å². The maximum absolute atomic E-state index is 14.6. The number of nitriles is 1. The molecule has 1 aliphatic rings. The summed E-state index contributed by atoms with van der Waals surface area (Å²) in [5, 5.41) is 14.1. The van der Waals surface area contributed by atoms with Gasteiger partial charge < -0.3 is 19.9 Å². The standard InChI is InChI=1S/C35H33BrN4O4.ClH/c1-5-21(2)33(41)38-32-22(3)40(34(42)24-12-10-23(19-37)11-13-24)30-9-7-6-8-29(30)39(35(32)43)20-28-27-16-15-26(36)18-25(27)14-17-31(28)44-4;/h6-18,21-22,32H,5,20H2,1-4H3,(H,38,41);1H/t21-,22+,32+;/m1./s1. The first-order valence-corrected chi connectivity index (χ1v) is 15.3. The molecule has 0 aliphatic carbocycles. The number of carbonyl (C=O) groups excluding carboxylic acids is 3. The van der Waals surface area contributed by atoms with Crippen molar-refractivity contribution in [1.82, 2.24) is 5.32 Å². The number of hydrogen-bond acceptors (Lipinski definition) is 5. The van der Waals surface area contributed by atoms with Crippen LogP contribution >= 0.6 is 28.3 Å². The predicted octanol–water partition coefficient (Wildman–Crippen LogP) is 7.02. The Morgan fingerprint density at radius 2 is 1.73 bits per heavy atom. The molecule has 5 rings (SSSR count). The van der Waals surface area contributed by atoms with Gasteiger partial charge in [0.2, 0.25) is 5.91 Å². The Kier molecular flexibility index (Phi) is 10.5. The van der Waals surface area contributed by atoms with Gasteiger partial charge in [0.1, 0.15) is 11.8 Å². The third-order valence-electron chi connectivity index (χ3n) is 8.28. The Labute approximate surface area is 277 Å². The molecular weight excluding hydrogens is 656 g/mol. The molecule has 0 aromatic heterocycles. The topological polar surface area (TPSA) is 103 Å². The Hall–Kier alpha value is -4.39. The Bertz CT molecular complexity index is 1790. The number of para-hydroxylation sites is 2. The summed E-state index contributed by atoms with van der Waals surface area (Å²) in [6.07, 6.45) is 0.599. The SMILES string of the molecule is CC[C@@H](C)C(=O)N[C@@H]1C(=O)N(Cc2c(OC)ccc3cc(Br)ccc23)c2ccccc2N(C(=O)c2ccc(C#N)cc2)[C@H]1C.Cl. The van der Waals surface area contributed by atoms with Crippen LogP contribution in [0, 0.1) is 17.2 Å². The van der Waals surface area contributed by atoms with E-state index in [1.807, 2.05) is 68.4 Å². The first-order chi connectivity index (χ1) is 21.2. The van der Waals surface area contributed by atoms with Crippen molar-refractivity contribution >= 4 is 68.2 Å². The highest BCUT2D eigenvalue weighted by molar-refractivity contribution is 9.10. The highest BCUT2D eigenvalue weighted by Crippen LogP contribution is 2.39. The zero-order valence-electron chi connectivity index (χ0n) is 25.4. The third kappa shape index (κ3) is 6.53. The number of methoxy groups -OCH3 is 1. The van der Waals surface area contributed by atoms with Crippen molar-refractivity contribution in [3.63, 3.8) is 0 Å². The minimum atomic E-state index is -1.04. The van der Waals surface area contributed by atoms with E-state index in [9.17, 15) is 19.6 Å². The van der Waals surface area contributed by atoms with E-state index in [-0.39, 0.29) is 42.6 Å². The summed E-state index contributed by atoms with van der Waals surface area (Å²) in [5.41, 5.74) is 2.65. The lowest BCUT2D eigenvalue weighted by atomic mass is 10.0. The van der Waals surface area contributed by atoms with E-state index in [1.54, 1.807) is 48.1 Å². The van der Waals surface area contributed by atoms with Crippen molar-refractivity contribution in [2.24, 2.45) is 5.92 Å².